The number of aliphatic hydroxyl groups excluding tert-OH is 1. The maximum atomic E-state index is 8.20. The molecule has 0 rings (SSSR count). The van der Waals surface area contributed by atoms with Crippen molar-refractivity contribution in [1.29, 1.82) is 0 Å². The summed E-state index contributed by atoms with van der Waals surface area (Å²) in [6, 6.07) is 0. The number of rotatable bonds is 5. The summed E-state index contributed by atoms with van der Waals surface area (Å²) < 4.78 is 4.92. The Hall–Kier alpha value is -1.18. The van der Waals surface area contributed by atoms with Crippen molar-refractivity contribution in [2.45, 2.75) is 6.42 Å². The van der Waals surface area contributed by atoms with E-state index in [9.17, 15) is 0 Å². The molecule has 0 bridgehead atoms. The number of allylic oxidation sites excluding steroid dienone is 2. The summed E-state index contributed by atoms with van der Waals surface area (Å²) in [5.41, 5.74) is 0. The Labute approximate surface area is 61.1 Å². The smallest absolute Gasteiger partial charge is 0.105 e. The van der Waals surface area contributed by atoms with Gasteiger partial charge in [-0.05, 0) is 18.6 Å². The van der Waals surface area contributed by atoms with Crippen molar-refractivity contribution < 1.29 is 9.84 Å². The highest BCUT2D eigenvalue weighted by Gasteiger charge is 1.71. The standard InChI is InChI=1S/C8H12O2/c1-2-7-10-8-5-3-4-6-9/h2,4-6,8-9H,1,3,7H2. The van der Waals surface area contributed by atoms with E-state index in [4.69, 9.17) is 9.84 Å². The van der Waals surface area contributed by atoms with Crippen LogP contribution in [0.2, 0.25) is 0 Å². The van der Waals surface area contributed by atoms with E-state index in [2.05, 4.69) is 6.58 Å². The topological polar surface area (TPSA) is 29.5 Å². The molecule has 0 aliphatic heterocycles. The summed E-state index contributed by atoms with van der Waals surface area (Å²) in [6.45, 7) is 4.01. The molecule has 0 amide bonds. The van der Waals surface area contributed by atoms with Gasteiger partial charge in [-0.15, -0.1) is 0 Å². The molecule has 0 aromatic carbocycles. The molecule has 0 saturated heterocycles. The van der Waals surface area contributed by atoms with E-state index in [0.717, 1.165) is 6.26 Å². The molecule has 0 unspecified atom stereocenters. The Balaban J connectivity index is 3.11. The second-order valence-corrected chi connectivity index (χ2v) is 1.61. The van der Waals surface area contributed by atoms with E-state index in [1.807, 2.05) is 0 Å². The van der Waals surface area contributed by atoms with E-state index >= 15 is 0 Å². The molecule has 0 aliphatic carbocycles. The molecule has 0 aromatic heterocycles. The molecule has 2 nitrogen and oxygen atoms in total. The third-order valence-electron chi connectivity index (χ3n) is 0.784. The maximum Gasteiger partial charge on any atom is 0.105 e. The van der Waals surface area contributed by atoms with Gasteiger partial charge in [0.15, 0.2) is 0 Å². The quantitative estimate of drug-likeness (QED) is 0.360. The van der Waals surface area contributed by atoms with Gasteiger partial charge in [0.05, 0.1) is 12.5 Å². The molecule has 0 radical (unpaired) electrons. The van der Waals surface area contributed by atoms with Gasteiger partial charge >= 0.3 is 0 Å². The molecule has 0 fully saturated rings. The van der Waals surface area contributed by atoms with Gasteiger partial charge < -0.3 is 9.84 Å². The first-order valence-electron chi connectivity index (χ1n) is 3.08. The van der Waals surface area contributed by atoms with Crippen molar-refractivity contribution in [3.05, 3.63) is 37.3 Å². The van der Waals surface area contributed by atoms with Crippen LogP contribution in [0.1, 0.15) is 6.42 Å². The Morgan fingerprint density at radius 2 is 2.20 bits per heavy atom. The molecule has 0 saturated carbocycles. The van der Waals surface area contributed by atoms with Crippen LogP contribution in [-0.4, -0.2) is 11.7 Å². The van der Waals surface area contributed by atoms with Crippen LogP contribution >= 0.6 is 0 Å². The molecule has 0 aliphatic rings. The minimum atomic E-state index is 0.527. The fourth-order valence-electron chi connectivity index (χ4n) is 0.387. The molecule has 0 heterocycles. The lowest BCUT2D eigenvalue weighted by molar-refractivity contribution is 0.289. The van der Waals surface area contributed by atoms with Crippen molar-refractivity contribution in [1.82, 2.24) is 0 Å². The minimum Gasteiger partial charge on any atom is -0.516 e. The monoisotopic (exact) mass is 140 g/mol. The fraction of sp³-hybridized carbons (Fsp3) is 0.250. The average Bonchev–Trinajstić information content (AvgIpc) is 1.97. The Morgan fingerprint density at radius 3 is 2.80 bits per heavy atom. The third-order valence-corrected chi connectivity index (χ3v) is 0.784. The van der Waals surface area contributed by atoms with Gasteiger partial charge in [0.1, 0.15) is 6.61 Å². The van der Waals surface area contributed by atoms with Crippen LogP contribution < -0.4 is 0 Å². The van der Waals surface area contributed by atoms with E-state index in [0.29, 0.717) is 13.0 Å². The van der Waals surface area contributed by atoms with Gasteiger partial charge in [0, 0.05) is 0 Å². The summed E-state index contributed by atoms with van der Waals surface area (Å²) in [5.74, 6) is 0. The molecular formula is C8H12O2. The van der Waals surface area contributed by atoms with Gasteiger partial charge in [-0.1, -0.05) is 12.7 Å². The average molecular weight is 140 g/mol. The normalized spacial score (nSPS) is 10.8. The molecular weight excluding hydrogens is 128 g/mol. The van der Waals surface area contributed by atoms with Crippen LogP contribution in [0.15, 0.2) is 37.3 Å². The van der Waals surface area contributed by atoms with E-state index in [-0.39, 0.29) is 0 Å². The zero-order valence-corrected chi connectivity index (χ0v) is 5.86. The van der Waals surface area contributed by atoms with Crippen molar-refractivity contribution >= 4 is 0 Å². The Bertz CT molecular complexity index is 125. The maximum absolute atomic E-state index is 8.20. The first-order valence-corrected chi connectivity index (χ1v) is 3.08. The van der Waals surface area contributed by atoms with Gasteiger partial charge in [0.2, 0.25) is 0 Å². The van der Waals surface area contributed by atoms with Crippen LogP contribution in [0, 0.1) is 0 Å². The largest absolute Gasteiger partial charge is 0.516 e. The fourth-order valence-corrected chi connectivity index (χ4v) is 0.387. The van der Waals surface area contributed by atoms with E-state index < -0.39 is 0 Å². The summed E-state index contributed by atoms with van der Waals surface area (Å²) in [7, 11) is 0. The Kier molecular flexibility index (Phi) is 6.90. The predicted octanol–water partition coefficient (Wildman–Crippen LogP) is 2.16. The van der Waals surface area contributed by atoms with Gasteiger partial charge in [-0.3, -0.25) is 0 Å². The number of hydrogen-bond donors (Lipinski definition) is 1. The van der Waals surface area contributed by atoms with Crippen molar-refractivity contribution in [2.75, 3.05) is 6.61 Å². The zero-order chi connectivity index (χ0) is 7.66. The molecule has 0 atom stereocenters. The summed E-state index contributed by atoms with van der Waals surface area (Å²) >= 11 is 0. The molecule has 0 aromatic rings. The number of aliphatic hydroxyl groups is 1. The van der Waals surface area contributed by atoms with Crippen molar-refractivity contribution in [3.63, 3.8) is 0 Å². The molecule has 2 heteroatoms. The molecule has 56 valence electrons. The highest BCUT2D eigenvalue weighted by Crippen LogP contribution is 1.85. The highest BCUT2D eigenvalue weighted by atomic mass is 16.5. The summed E-state index contributed by atoms with van der Waals surface area (Å²) in [4.78, 5) is 0. The number of hydrogen-bond acceptors (Lipinski definition) is 2. The summed E-state index contributed by atoms with van der Waals surface area (Å²) in [5, 5.41) is 8.20. The first-order chi connectivity index (χ1) is 4.91. The van der Waals surface area contributed by atoms with Crippen LogP contribution in [0.4, 0.5) is 0 Å². The lowest BCUT2D eigenvalue weighted by atomic mass is 10.4. The van der Waals surface area contributed by atoms with Crippen LogP contribution in [-0.2, 0) is 4.74 Å². The lowest BCUT2D eigenvalue weighted by Gasteiger charge is -1.90. The second kappa shape index (κ2) is 7.82. The Morgan fingerprint density at radius 1 is 1.40 bits per heavy atom. The first kappa shape index (κ1) is 8.82. The highest BCUT2D eigenvalue weighted by molar-refractivity contribution is 4.85. The van der Waals surface area contributed by atoms with Gasteiger partial charge in [-0.2, -0.15) is 0 Å². The van der Waals surface area contributed by atoms with E-state index in [1.54, 1.807) is 24.5 Å². The lowest BCUT2D eigenvalue weighted by Crippen LogP contribution is -1.77. The molecule has 10 heavy (non-hydrogen) atoms. The van der Waals surface area contributed by atoms with E-state index in [1.165, 1.54) is 0 Å². The second-order valence-electron chi connectivity index (χ2n) is 1.61. The van der Waals surface area contributed by atoms with Crippen LogP contribution in [0.5, 0.6) is 0 Å². The predicted molar refractivity (Wildman–Crippen MR) is 41.7 cm³/mol. The number of ether oxygens (including phenoxy) is 1. The van der Waals surface area contributed by atoms with Crippen LogP contribution in [0.25, 0.3) is 0 Å². The van der Waals surface area contributed by atoms with Gasteiger partial charge in [-0.25, -0.2) is 0 Å². The molecule has 0 spiro atoms. The van der Waals surface area contributed by atoms with Crippen molar-refractivity contribution in [3.8, 4) is 0 Å². The van der Waals surface area contributed by atoms with Crippen LogP contribution in [0.3, 0.4) is 0 Å². The van der Waals surface area contributed by atoms with Crippen molar-refractivity contribution in [2.24, 2.45) is 0 Å². The molecule has 1 N–H and O–H groups in total. The third kappa shape index (κ3) is 6.82. The van der Waals surface area contributed by atoms with Gasteiger partial charge in [0.25, 0.3) is 0 Å². The zero-order valence-electron chi connectivity index (χ0n) is 5.86. The SMILES string of the molecule is C=CCOC=CCC=CO. The minimum absolute atomic E-state index is 0.527. The summed E-state index contributed by atoms with van der Waals surface area (Å²) in [6.07, 6.45) is 8.38.